The lowest BCUT2D eigenvalue weighted by Gasteiger charge is -2.20. The predicted octanol–water partition coefficient (Wildman–Crippen LogP) is 2.27. The molecule has 148 valence electrons. The number of halogens is 1. The number of hydrogen-bond acceptors (Lipinski definition) is 4. The van der Waals surface area contributed by atoms with Gasteiger partial charge in [0.2, 0.25) is 5.91 Å². The lowest BCUT2D eigenvalue weighted by molar-refractivity contribution is -0.122. The summed E-state index contributed by atoms with van der Waals surface area (Å²) in [6.07, 6.45) is 7.88. The zero-order chi connectivity index (χ0) is 18.5. The lowest BCUT2D eigenvalue weighted by atomic mass is 9.97. The molecule has 1 unspecified atom stereocenters. The first-order valence-electron chi connectivity index (χ1n) is 9.38. The quantitative estimate of drug-likeness (QED) is 0.665. The number of piperidine rings is 1. The Labute approximate surface area is 170 Å². The molecule has 1 aromatic carbocycles. The minimum Gasteiger partial charge on any atom is -0.350 e. The molecule has 0 aliphatic carbocycles. The summed E-state index contributed by atoms with van der Waals surface area (Å²) in [5.74, 6) is 0.416. The number of nitrogens with one attached hydrogen (secondary N) is 2. The van der Waals surface area contributed by atoms with E-state index >= 15 is 0 Å². The summed E-state index contributed by atoms with van der Waals surface area (Å²) < 4.78 is 3.53. The second-order valence-electron chi connectivity index (χ2n) is 6.88. The number of carbonyl (C=O) groups is 1. The SMILES string of the molecule is Cl.O=C(Cn1ccc(C2CCCNC2)n1)NCc1ccc(-n2cccn2)cc1. The third kappa shape index (κ3) is 4.99. The molecule has 0 bridgehead atoms. The van der Waals surface area contributed by atoms with Gasteiger partial charge in [0.15, 0.2) is 0 Å². The van der Waals surface area contributed by atoms with Crippen LogP contribution in [0.25, 0.3) is 5.69 Å². The number of carbonyl (C=O) groups excluding carboxylic acids is 1. The summed E-state index contributed by atoms with van der Waals surface area (Å²) in [5.41, 5.74) is 3.12. The van der Waals surface area contributed by atoms with Crippen molar-refractivity contribution in [1.82, 2.24) is 30.2 Å². The van der Waals surface area contributed by atoms with Gasteiger partial charge in [-0.1, -0.05) is 12.1 Å². The Morgan fingerprint density at radius 2 is 2.07 bits per heavy atom. The van der Waals surface area contributed by atoms with Crippen LogP contribution in [0.3, 0.4) is 0 Å². The first-order valence-corrected chi connectivity index (χ1v) is 9.38. The van der Waals surface area contributed by atoms with E-state index in [0.29, 0.717) is 12.5 Å². The summed E-state index contributed by atoms with van der Waals surface area (Å²) in [7, 11) is 0. The van der Waals surface area contributed by atoms with Gasteiger partial charge in [0, 0.05) is 37.6 Å². The van der Waals surface area contributed by atoms with E-state index in [4.69, 9.17) is 0 Å². The van der Waals surface area contributed by atoms with E-state index in [1.165, 1.54) is 6.42 Å². The average Bonchev–Trinajstić information content (AvgIpc) is 3.40. The van der Waals surface area contributed by atoms with Crippen molar-refractivity contribution in [2.45, 2.75) is 31.8 Å². The molecular formula is C20H25ClN6O. The fourth-order valence-electron chi connectivity index (χ4n) is 3.38. The van der Waals surface area contributed by atoms with E-state index in [-0.39, 0.29) is 24.9 Å². The molecule has 1 amide bonds. The van der Waals surface area contributed by atoms with Crippen molar-refractivity contribution in [3.05, 3.63) is 66.2 Å². The van der Waals surface area contributed by atoms with Gasteiger partial charge in [-0.15, -0.1) is 12.4 Å². The Hall–Kier alpha value is -2.64. The molecule has 3 aromatic rings. The van der Waals surface area contributed by atoms with Crippen LogP contribution in [0.5, 0.6) is 0 Å². The number of hydrogen-bond donors (Lipinski definition) is 2. The monoisotopic (exact) mass is 400 g/mol. The zero-order valence-electron chi connectivity index (χ0n) is 15.6. The van der Waals surface area contributed by atoms with Gasteiger partial charge in [-0.25, -0.2) is 4.68 Å². The molecule has 3 heterocycles. The maximum absolute atomic E-state index is 12.2. The molecule has 2 N–H and O–H groups in total. The topological polar surface area (TPSA) is 76.8 Å². The van der Waals surface area contributed by atoms with Gasteiger partial charge in [0.05, 0.1) is 11.4 Å². The summed E-state index contributed by atoms with van der Waals surface area (Å²) in [4.78, 5) is 12.2. The van der Waals surface area contributed by atoms with Crippen LogP contribution in [0.15, 0.2) is 55.0 Å². The Bertz CT molecular complexity index is 869. The van der Waals surface area contributed by atoms with Gasteiger partial charge in [-0.3, -0.25) is 9.48 Å². The van der Waals surface area contributed by atoms with Gasteiger partial charge >= 0.3 is 0 Å². The Morgan fingerprint density at radius 3 is 2.79 bits per heavy atom. The smallest absolute Gasteiger partial charge is 0.241 e. The Kier molecular flexibility index (Phi) is 6.84. The molecule has 8 heteroatoms. The van der Waals surface area contributed by atoms with Crippen molar-refractivity contribution in [3.63, 3.8) is 0 Å². The standard InChI is InChI=1S/C20H24N6O.ClH/c27-20(15-25-12-8-19(24-25)17-3-1-9-21-14-17)22-13-16-4-6-18(7-5-16)26-11-2-10-23-26;/h2,4-8,10-12,17,21H,1,3,9,13-15H2,(H,22,27);1H. The van der Waals surface area contributed by atoms with Crippen molar-refractivity contribution < 1.29 is 4.79 Å². The first kappa shape index (κ1) is 20.1. The van der Waals surface area contributed by atoms with Crippen LogP contribution in [0.4, 0.5) is 0 Å². The molecule has 7 nitrogen and oxygen atoms in total. The molecule has 28 heavy (non-hydrogen) atoms. The highest BCUT2D eigenvalue weighted by atomic mass is 35.5. The lowest BCUT2D eigenvalue weighted by Crippen LogP contribution is -2.29. The molecule has 1 aliphatic heterocycles. The van der Waals surface area contributed by atoms with Gasteiger partial charge in [0.1, 0.15) is 6.54 Å². The van der Waals surface area contributed by atoms with Crippen molar-refractivity contribution in [2.75, 3.05) is 13.1 Å². The highest BCUT2D eigenvalue weighted by Gasteiger charge is 2.17. The molecule has 1 fully saturated rings. The van der Waals surface area contributed by atoms with E-state index in [1.807, 2.05) is 48.8 Å². The minimum absolute atomic E-state index is 0. The average molecular weight is 401 g/mol. The van der Waals surface area contributed by atoms with E-state index in [1.54, 1.807) is 15.6 Å². The summed E-state index contributed by atoms with van der Waals surface area (Å²) in [5, 5.41) is 15.1. The van der Waals surface area contributed by atoms with Crippen LogP contribution in [-0.4, -0.2) is 38.6 Å². The molecule has 4 rings (SSSR count). The molecule has 0 saturated carbocycles. The van der Waals surface area contributed by atoms with E-state index in [2.05, 4.69) is 20.8 Å². The fourth-order valence-corrected chi connectivity index (χ4v) is 3.38. The number of benzene rings is 1. The van der Waals surface area contributed by atoms with Gasteiger partial charge < -0.3 is 10.6 Å². The second kappa shape index (κ2) is 9.52. The van der Waals surface area contributed by atoms with E-state index in [9.17, 15) is 4.79 Å². The molecular weight excluding hydrogens is 376 g/mol. The maximum atomic E-state index is 12.2. The molecule has 2 aromatic heterocycles. The molecule has 1 aliphatic rings. The third-order valence-corrected chi connectivity index (χ3v) is 4.88. The molecule has 1 atom stereocenters. The predicted molar refractivity (Wildman–Crippen MR) is 110 cm³/mol. The highest BCUT2D eigenvalue weighted by Crippen LogP contribution is 2.21. The zero-order valence-corrected chi connectivity index (χ0v) is 16.4. The number of nitrogens with zero attached hydrogens (tertiary/aromatic N) is 4. The summed E-state index contributed by atoms with van der Waals surface area (Å²) in [6, 6.07) is 11.9. The van der Waals surface area contributed by atoms with Gasteiger partial charge in [-0.2, -0.15) is 10.2 Å². The third-order valence-electron chi connectivity index (χ3n) is 4.88. The Morgan fingerprint density at radius 1 is 1.21 bits per heavy atom. The number of rotatable bonds is 6. The van der Waals surface area contributed by atoms with Crippen molar-refractivity contribution >= 4 is 18.3 Å². The minimum atomic E-state index is -0.0393. The molecule has 0 radical (unpaired) electrons. The van der Waals surface area contributed by atoms with Gasteiger partial charge in [-0.05, 0) is 49.2 Å². The van der Waals surface area contributed by atoms with Crippen molar-refractivity contribution in [1.29, 1.82) is 0 Å². The van der Waals surface area contributed by atoms with Gasteiger partial charge in [0.25, 0.3) is 0 Å². The first-order chi connectivity index (χ1) is 13.3. The Balaban J connectivity index is 0.00000225. The van der Waals surface area contributed by atoms with Crippen LogP contribution in [0.1, 0.15) is 30.0 Å². The van der Waals surface area contributed by atoms with Crippen LogP contribution in [-0.2, 0) is 17.9 Å². The molecule has 0 spiro atoms. The van der Waals surface area contributed by atoms with E-state index < -0.39 is 0 Å². The van der Waals surface area contributed by atoms with Crippen LogP contribution < -0.4 is 10.6 Å². The van der Waals surface area contributed by atoms with Crippen molar-refractivity contribution in [3.8, 4) is 5.69 Å². The van der Waals surface area contributed by atoms with Crippen LogP contribution >= 0.6 is 12.4 Å². The maximum Gasteiger partial charge on any atom is 0.241 e. The number of aromatic nitrogens is 4. The fraction of sp³-hybridized carbons (Fsp3) is 0.350. The number of amides is 1. The normalized spacial score (nSPS) is 16.4. The second-order valence-corrected chi connectivity index (χ2v) is 6.88. The largest absolute Gasteiger partial charge is 0.350 e. The highest BCUT2D eigenvalue weighted by molar-refractivity contribution is 5.85. The van der Waals surface area contributed by atoms with Crippen LogP contribution in [0, 0.1) is 0 Å². The summed E-state index contributed by atoms with van der Waals surface area (Å²) in [6.45, 7) is 2.80. The van der Waals surface area contributed by atoms with Crippen LogP contribution in [0.2, 0.25) is 0 Å². The van der Waals surface area contributed by atoms with E-state index in [0.717, 1.165) is 36.5 Å². The molecule has 1 saturated heterocycles. The van der Waals surface area contributed by atoms with Crippen molar-refractivity contribution in [2.24, 2.45) is 0 Å². The summed E-state index contributed by atoms with van der Waals surface area (Å²) >= 11 is 0.